The Labute approximate surface area is 164 Å². The molecule has 0 unspecified atom stereocenters. The Bertz CT molecular complexity index is 884. The lowest BCUT2D eigenvalue weighted by molar-refractivity contribution is -0.274. The van der Waals surface area contributed by atoms with Crippen LogP contribution in [0.25, 0.3) is 0 Å². The Balaban J connectivity index is 1.68. The molecule has 1 N–H and O–H groups in total. The third-order valence-electron chi connectivity index (χ3n) is 3.80. The van der Waals surface area contributed by atoms with Crippen molar-refractivity contribution >= 4 is 11.7 Å². The van der Waals surface area contributed by atoms with Gasteiger partial charge in [-0.2, -0.15) is 0 Å². The van der Waals surface area contributed by atoms with Gasteiger partial charge in [-0.15, -0.1) is 13.2 Å². The number of alkyl halides is 3. The van der Waals surface area contributed by atoms with Crippen molar-refractivity contribution in [3.8, 4) is 11.5 Å². The SMILES string of the molecule is CC1(C)ON=C(c2ccc(OC(F)(F)F)cc2)N1NC(=O)COc1ccccc1. The van der Waals surface area contributed by atoms with Crippen LogP contribution in [0.1, 0.15) is 19.4 Å². The van der Waals surface area contributed by atoms with Gasteiger partial charge in [0.15, 0.2) is 12.4 Å². The summed E-state index contributed by atoms with van der Waals surface area (Å²) in [5, 5.41) is 5.32. The van der Waals surface area contributed by atoms with Crippen LogP contribution in [0.2, 0.25) is 0 Å². The summed E-state index contributed by atoms with van der Waals surface area (Å²) < 4.78 is 46.2. The normalized spacial score (nSPS) is 15.3. The van der Waals surface area contributed by atoms with E-state index in [2.05, 4.69) is 15.3 Å². The van der Waals surface area contributed by atoms with Gasteiger partial charge in [-0.25, -0.2) is 5.01 Å². The molecule has 3 rings (SSSR count). The Morgan fingerprint density at radius 2 is 1.76 bits per heavy atom. The molecule has 1 amide bonds. The van der Waals surface area contributed by atoms with E-state index in [9.17, 15) is 18.0 Å². The van der Waals surface area contributed by atoms with Crippen LogP contribution in [-0.2, 0) is 9.63 Å². The van der Waals surface area contributed by atoms with Gasteiger partial charge in [-0.3, -0.25) is 10.2 Å². The molecule has 10 heteroatoms. The minimum Gasteiger partial charge on any atom is -0.484 e. The fourth-order valence-electron chi connectivity index (χ4n) is 2.49. The number of hydrazine groups is 1. The van der Waals surface area contributed by atoms with Crippen LogP contribution < -0.4 is 14.9 Å². The fourth-order valence-corrected chi connectivity index (χ4v) is 2.49. The molecule has 0 aliphatic carbocycles. The Hall–Kier alpha value is -3.43. The molecule has 1 aliphatic rings. The molecule has 0 spiro atoms. The van der Waals surface area contributed by atoms with Crippen LogP contribution in [0, 0.1) is 0 Å². The number of hydrogen-bond donors (Lipinski definition) is 1. The first-order chi connectivity index (χ1) is 13.6. The van der Waals surface area contributed by atoms with E-state index in [1.165, 1.54) is 17.1 Å². The summed E-state index contributed by atoms with van der Waals surface area (Å²) in [5.74, 6) is -0.0700. The summed E-state index contributed by atoms with van der Waals surface area (Å²) in [7, 11) is 0. The number of carbonyl (C=O) groups excluding carboxylic acids is 1. The van der Waals surface area contributed by atoms with Crippen LogP contribution in [-0.4, -0.2) is 35.4 Å². The van der Waals surface area contributed by atoms with Crippen LogP contribution in [0.3, 0.4) is 0 Å². The highest BCUT2D eigenvalue weighted by molar-refractivity contribution is 6.00. The molecule has 7 nitrogen and oxygen atoms in total. The van der Waals surface area contributed by atoms with Gasteiger partial charge in [0.05, 0.1) is 0 Å². The third kappa shape index (κ3) is 5.31. The standard InChI is InChI=1S/C19H18F3N3O4/c1-18(2)25(23-16(26)12-27-14-6-4-3-5-7-14)17(24-29-18)13-8-10-15(11-9-13)28-19(20,21)22/h3-11H,12H2,1-2H3,(H,23,26). The number of ether oxygens (including phenoxy) is 2. The number of para-hydroxylation sites is 1. The fraction of sp³-hybridized carbons (Fsp3) is 0.263. The second-order valence-corrected chi connectivity index (χ2v) is 6.50. The summed E-state index contributed by atoms with van der Waals surface area (Å²) >= 11 is 0. The molecular weight excluding hydrogens is 391 g/mol. The predicted octanol–water partition coefficient (Wildman–Crippen LogP) is 3.43. The third-order valence-corrected chi connectivity index (χ3v) is 3.80. The molecule has 0 fully saturated rings. The smallest absolute Gasteiger partial charge is 0.484 e. The van der Waals surface area contributed by atoms with Crippen LogP contribution >= 0.6 is 0 Å². The highest BCUT2D eigenvalue weighted by Crippen LogP contribution is 2.27. The average Bonchev–Trinajstić information content (AvgIpc) is 2.95. The van der Waals surface area contributed by atoms with E-state index in [0.29, 0.717) is 11.3 Å². The van der Waals surface area contributed by atoms with Gasteiger partial charge in [0.2, 0.25) is 5.72 Å². The maximum Gasteiger partial charge on any atom is 0.573 e. The molecule has 2 aromatic carbocycles. The zero-order chi connectivity index (χ0) is 21.1. The van der Waals surface area contributed by atoms with Crippen LogP contribution in [0.4, 0.5) is 13.2 Å². The van der Waals surface area contributed by atoms with E-state index < -0.39 is 18.0 Å². The first kappa shape index (κ1) is 20.3. The number of benzene rings is 2. The van der Waals surface area contributed by atoms with Crippen molar-refractivity contribution in [2.45, 2.75) is 25.9 Å². The van der Waals surface area contributed by atoms with Crippen molar-refractivity contribution in [2.75, 3.05) is 6.61 Å². The van der Waals surface area contributed by atoms with Gasteiger partial charge in [-0.05, 0) is 50.2 Å². The van der Waals surface area contributed by atoms with Crippen LogP contribution in [0.5, 0.6) is 11.5 Å². The molecule has 0 saturated carbocycles. The Morgan fingerprint density at radius 1 is 1.10 bits per heavy atom. The van der Waals surface area contributed by atoms with E-state index in [0.717, 1.165) is 12.1 Å². The minimum absolute atomic E-state index is 0.224. The van der Waals surface area contributed by atoms with Gasteiger partial charge < -0.3 is 14.3 Å². The summed E-state index contributed by atoms with van der Waals surface area (Å²) in [6.07, 6.45) is -4.78. The molecule has 0 radical (unpaired) electrons. The number of nitrogens with zero attached hydrogens (tertiary/aromatic N) is 2. The van der Waals surface area contributed by atoms with E-state index in [1.54, 1.807) is 38.1 Å². The van der Waals surface area contributed by atoms with Crippen molar-refractivity contribution in [1.82, 2.24) is 10.4 Å². The van der Waals surface area contributed by atoms with E-state index in [4.69, 9.17) is 9.57 Å². The lowest BCUT2D eigenvalue weighted by atomic mass is 10.1. The summed E-state index contributed by atoms with van der Waals surface area (Å²) in [5.41, 5.74) is 2.05. The molecule has 1 aliphatic heterocycles. The zero-order valence-corrected chi connectivity index (χ0v) is 15.6. The quantitative estimate of drug-likeness (QED) is 0.792. The molecule has 29 heavy (non-hydrogen) atoms. The Kier molecular flexibility index (Phi) is 5.53. The zero-order valence-electron chi connectivity index (χ0n) is 15.6. The summed E-state index contributed by atoms with van der Waals surface area (Å²) in [6.45, 7) is 3.09. The average molecular weight is 409 g/mol. The highest BCUT2D eigenvalue weighted by atomic mass is 19.4. The molecular formula is C19H18F3N3O4. The second-order valence-electron chi connectivity index (χ2n) is 6.50. The first-order valence-electron chi connectivity index (χ1n) is 8.54. The molecule has 2 aromatic rings. The number of oxime groups is 1. The maximum atomic E-state index is 12.3. The highest BCUT2D eigenvalue weighted by Gasteiger charge is 2.40. The van der Waals surface area contributed by atoms with Crippen molar-refractivity contribution in [2.24, 2.45) is 5.16 Å². The van der Waals surface area contributed by atoms with Crippen molar-refractivity contribution < 1.29 is 32.3 Å². The number of halogens is 3. The minimum atomic E-state index is -4.78. The van der Waals surface area contributed by atoms with E-state index in [-0.39, 0.29) is 18.2 Å². The number of amides is 1. The lowest BCUT2D eigenvalue weighted by Gasteiger charge is -2.31. The summed E-state index contributed by atoms with van der Waals surface area (Å²) in [6, 6.07) is 13.9. The van der Waals surface area contributed by atoms with Gasteiger partial charge in [0.25, 0.3) is 5.91 Å². The molecule has 0 bridgehead atoms. The van der Waals surface area contributed by atoms with Gasteiger partial charge in [0.1, 0.15) is 11.5 Å². The molecule has 154 valence electrons. The van der Waals surface area contributed by atoms with E-state index >= 15 is 0 Å². The van der Waals surface area contributed by atoms with Crippen LogP contribution in [0.15, 0.2) is 59.8 Å². The molecule has 0 saturated heterocycles. The molecule has 0 atom stereocenters. The maximum absolute atomic E-state index is 12.3. The number of amidine groups is 1. The number of nitrogens with one attached hydrogen (secondary N) is 1. The topological polar surface area (TPSA) is 72.4 Å². The number of carbonyl (C=O) groups is 1. The van der Waals surface area contributed by atoms with Crippen molar-refractivity contribution in [3.05, 3.63) is 60.2 Å². The molecule has 0 aromatic heterocycles. The van der Waals surface area contributed by atoms with Gasteiger partial charge in [-0.1, -0.05) is 23.4 Å². The predicted molar refractivity (Wildman–Crippen MR) is 96.7 cm³/mol. The molecule has 1 heterocycles. The summed E-state index contributed by atoms with van der Waals surface area (Å²) in [4.78, 5) is 17.7. The first-order valence-corrected chi connectivity index (χ1v) is 8.54. The number of hydrogen-bond acceptors (Lipinski definition) is 6. The second kappa shape index (κ2) is 7.90. The van der Waals surface area contributed by atoms with Crippen molar-refractivity contribution in [3.63, 3.8) is 0 Å². The number of rotatable bonds is 6. The van der Waals surface area contributed by atoms with Gasteiger partial charge >= 0.3 is 6.36 Å². The monoisotopic (exact) mass is 409 g/mol. The Morgan fingerprint density at radius 3 is 2.38 bits per heavy atom. The largest absolute Gasteiger partial charge is 0.573 e. The van der Waals surface area contributed by atoms with E-state index in [1.807, 2.05) is 6.07 Å². The lowest BCUT2D eigenvalue weighted by Crippen LogP contribution is -2.55. The van der Waals surface area contributed by atoms with Crippen molar-refractivity contribution in [1.29, 1.82) is 0 Å². The van der Waals surface area contributed by atoms with Gasteiger partial charge in [0, 0.05) is 5.56 Å².